The molecule has 1 N–H and O–H groups in total. The van der Waals surface area contributed by atoms with Gasteiger partial charge in [0.1, 0.15) is 11.8 Å². The van der Waals surface area contributed by atoms with Crippen molar-refractivity contribution in [3.05, 3.63) is 65.2 Å². The monoisotopic (exact) mass is 396 g/mol. The van der Waals surface area contributed by atoms with Crippen molar-refractivity contribution in [1.29, 1.82) is 0 Å². The van der Waals surface area contributed by atoms with Gasteiger partial charge in [-0.25, -0.2) is 0 Å². The van der Waals surface area contributed by atoms with Gasteiger partial charge in [0, 0.05) is 13.1 Å². The third-order valence-electron chi connectivity index (χ3n) is 4.90. The standard InChI is InChI=1S/C24H32N2O3/c1-5-19-12-14-21(15-13-19)29-17-23(27)26(22(6-2)24(28)25-7-3)16-20-10-8-18(4)9-11-20/h8-15,22H,5-7,16-17H2,1-4H3,(H,25,28). The maximum Gasteiger partial charge on any atom is 0.261 e. The Kier molecular flexibility index (Phi) is 8.71. The fourth-order valence-electron chi connectivity index (χ4n) is 3.15. The highest BCUT2D eigenvalue weighted by atomic mass is 16.5. The van der Waals surface area contributed by atoms with Crippen LogP contribution < -0.4 is 10.1 Å². The molecule has 0 aliphatic heterocycles. The van der Waals surface area contributed by atoms with Gasteiger partial charge in [0.15, 0.2) is 6.61 Å². The molecule has 5 nitrogen and oxygen atoms in total. The molecule has 0 radical (unpaired) electrons. The van der Waals surface area contributed by atoms with Gasteiger partial charge in [0.05, 0.1) is 0 Å². The molecule has 0 spiro atoms. The van der Waals surface area contributed by atoms with Crippen molar-refractivity contribution in [2.45, 2.75) is 53.1 Å². The van der Waals surface area contributed by atoms with Crippen molar-refractivity contribution in [2.24, 2.45) is 0 Å². The third-order valence-corrected chi connectivity index (χ3v) is 4.90. The number of nitrogens with one attached hydrogen (secondary N) is 1. The molecule has 1 atom stereocenters. The van der Waals surface area contributed by atoms with E-state index in [2.05, 4.69) is 12.2 Å². The Hall–Kier alpha value is -2.82. The first-order valence-corrected chi connectivity index (χ1v) is 10.3. The first-order valence-electron chi connectivity index (χ1n) is 10.3. The van der Waals surface area contributed by atoms with E-state index < -0.39 is 6.04 Å². The van der Waals surface area contributed by atoms with E-state index in [1.807, 2.05) is 69.3 Å². The summed E-state index contributed by atoms with van der Waals surface area (Å²) >= 11 is 0. The number of aryl methyl sites for hydroxylation is 2. The second-order valence-electron chi connectivity index (χ2n) is 7.11. The highest BCUT2D eigenvalue weighted by Crippen LogP contribution is 2.16. The van der Waals surface area contributed by atoms with Crippen LogP contribution in [0.15, 0.2) is 48.5 Å². The van der Waals surface area contributed by atoms with Gasteiger partial charge in [-0.15, -0.1) is 0 Å². The van der Waals surface area contributed by atoms with E-state index in [-0.39, 0.29) is 18.4 Å². The fourth-order valence-corrected chi connectivity index (χ4v) is 3.15. The van der Waals surface area contributed by atoms with Crippen molar-refractivity contribution in [3.8, 4) is 5.75 Å². The molecule has 0 aliphatic carbocycles. The highest BCUT2D eigenvalue weighted by Gasteiger charge is 2.28. The van der Waals surface area contributed by atoms with Crippen LogP contribution >= 0.6 is 0 Å². The van der Waals surface area contributed by atoms with Crippen molar-refractivity contribution in [2.75, 3.05) is 13.2 Å². The summed E-state index contributed by atoms with van der Waals surface area (Å²) in [7, 11) is 0. The summed E-state index contributed by atoms with van der Waals surface area (Å²) in [6.07, 6.45) is 1.49. The number of ether oxygens (including phenoxy) is 1. The van der Waals surface area contributed by atoms with E-state index in [4.69, 9.17) is 4.74 Å². The summed E-state index contributed by atoms with van der Waals surface area (Å²) < 4.78 is 5.72. The fraction of sp³-hybridized carbons (Fsp3) is 0.417. The zero-order chi connectivity index (χ0) is 21.2. The molecule has 156 valence electrons. The molecule has 0 aromatic heterocycles. The minimum atomic E-state index is -0.533. The molecule has 1 unspecified atom stereocenters. The summed E-state index contributed by atoms with van der Waals surface area (Å²) in [5.74, 6) is 0.308. The number of rotatable bonds is 10. The predicted octanol–water partition coefficient (Wildman–Crippen LogP) is 3.88. The SMILES string of the molecule is CCNC(=O)C(CC)N(Cc1ccc(C)cc1)C(=O)COc1ccc(CC)cc1. The Morgan fingerprint density at radius 3 is 2.14 bits per heavy atom. The predicted molar refractivity (Wildman–Crippen MR) is 116 cm³/mol. The Bertz CT molecular complexity index is 785. The highest BCUT2D eigenvalue weighted by molar-refractivity contribution is 5.88. The van der Waals surface area contributed by atoms with Gasteiger partial charge in [-0.1, -0.05) is 55.8 Å². The number of likely N-dealkylation sites (N-methyl/N-ethyl adjacent to an activating group) is 1. The van der Waals surface area contributed by atoms with Gasteiger partial charge >= 0.3 is 0 Å². The number of benzene rings is 2. The zero-order valence-corrected chi connectivity index (χ0v) is 17.9. The summed E-state index contributed by atoms with van der Waals surface area (Å²) in [6, 6.07) is 15.2. The second kappa shape index (κ2) is 11.2. The number of hydrogen-bond donors (Lipinski definition) is 1. The van der Waals surface area contributed by atoms with Gasteiger partial charge in [-0.05, 0) is 49.9 Å². The Balaban J connectivity index is 2.15. The lowest BCUT2D eigenvalue weighted by atomic mass is 10.1. The van der Waals surface area contributed by atoms with Crippen LogP contribution in [0.2, 0.25) is 0 Å². The van der Waals surface area contributed by atoms with Crippen LogP contribution in [0.4, 0.5) is 0 Å². The molecule has 29 heavy (non-hydrogen) atoms. The van der Waals surface area contributed by atoms with E-state index in [9.17, 15) is 9.59 Å². The number of carbonyl (C=O) groups excluding carboxylic acids is 2. The molecule has 5 heteroatoms. The van der Waals surface area contributed by atoms with E-state index in [0.29, 0.717) is 25.3 Å². The Morgan fingerprint density at radius 1 is 0.966 bits per heavy atom. The number of hydrogen-bond acceptors (Lipinski definition) is 3. The average Bonchev–Trinajstić information content (AvgIpc) is 2.73. The second-order valence-corrected chi connectivity index (χ2v) is 7.11. The number of amides is 2. The van der Waals surface area contributed by atoms with Crippen LogP contribution in [0.3, 0.4) is 0 Å². The van der Waals surface area contributed by atoms with Crippen molar-refractivity contribution in [1.82, 2.24) is 10.2 Å². The minimum Gasteiger partial charge on any atom is -0.484 e. The molecule has 2 rings (SSSR count). The van der Waals surface area contributed by atoms with Gasteiger partial charge in [-0.2, -0.15) is 0 Å². The summed E-state index contributed by atoms with van der Waals surface area (Å²) in [5, 5.41) is 2.84. The molecule has 0 heterocycles. The van der Waals surface area contributed by atoms with Crippen LogP contribution in [-0.4, -0.2) is 35.9 Å². The Labute approximate surface area is 174 Å². The summed E-state index contributed by atoms with van der Waals surface area (Å²) in [5.41, 5.74) is 3.35. The molecule has 2 aromatic rings. The lowest BCUT2D eigenvalue weighted by Crippen LogP contribution is -2.50. The normalized spacial score (nSPS) is 11.6. The summed E-state index contributed by atoms with van der Waals surface area (Å²) in [4.78, 5) is 27.2. The molecular formula is C24H32N2O3. The van der Waals surface area contributed by atoms with Crippen molar-refractivity contribution in [3.63, 3.8) is 0 Å². The molecule has 0 bridgehead atoms. The maximum atomic E-state index is 13.0. The molecule has 0 fully saturated rings. The van der Waals surface area contributed by atoms with Gasteiger partial charge < -0.3 is 15.0 Å². The molecule has 2 amide bonds. The van der Waals surface area contributed by atoms with Gasteiger partial charge in [0.25, 0.3) is 5.91 Å². The van der Waals surface area contributed by atoms with E-state index in [1.165, 1.54) is 5.56 Å². The molecule has 0 saturated carbocycles. The molecule has 2 aromatic carbocycles. The number of carbonyl (C=O) groups is 2. The molecule has 0 aliphatic rings. The minimum absolute atomic E-state index is 0.104. The maximum absolute atomic E-state index is 13.0. The lowest BCUT2D eigenvalue weighted by Gasteiger charge is -2.30. The number of nitrogens with zero attached hydrogens (tertiary/aromatic N) is 1. The lowest BCUT2D eigenvalue weighted by molar-refractivity contribution is -0.142. The first kappa shape index (κ1) is 22.5. The Morgan fingerprint density at radius 2 is 1.59 bits per heavy atom. The van der Waals surface area contributed by atoms with Crippen LogP contribution in [0.25, 0.3) is 0 Å². The topological polar surface area (TPSA) is 58.6 Å². The quantitative estimate of drug-likeness (QED) is 0.663. The van der Waals surface area contributed by atoms with Crippen LogP contribution in [0, 0.1) is 6.92 Å². The molecule has 0 saturated heterocycles. The third kappa shape index (κ3) is 6.63. The largest absolute Gasteiger partial charge is 0.484 e. The van der Waals surface area contributed by atoms with Crippen molar-refractivity contribution >= 4 is 11.8 Å². The van der Waals surface area contributed by atoms with E-state index in [0.717, 1.165) is 17.5 Å². The van der Waals surface area contributed by atoms with Crippen molar-refractivity contribution < 1.29 is 14.3 Å². The van der Waals surface area contributed by atoms with E-state index >= 15 is 0 Å². The van der Waals surface area contributed by atoms with Crippen LogP contribution in [0.1, 0.15) is 43.9 Å². The van der Waals surface area contributed by atoms with E-state index in [1.54, 1.807) is 4.90 Å². The van der Waals surface area contributed by atoms with Crippen LogP contribution in [0.5, 0.6) is 5.75 Å². The van der Waals surface area contributed by atoms with Gasteiger partial charge in [0.2, 0.25) is 5.91 Å². The van der Waals surface area contributed by atoms with Crippen LogP contribution in [-0.2, 0) is 22.6 Å². The van der Waals surface area contributed by atoms with Gasteiger partial charge in [-0.3, -0.25) is 9.59 Å². The molecular weight excluding hydrogens is 364 g/mol. The smallest absolute Gasteiger partial charge is 0.261 e. The first-order chi connectivity index (χ1) is 14.0. The average molecular weight is 397 g/mol. The summed E-state index contributed by atoms with van der Waals surface area (Å²) in [6.45, 7) is 8.70. The zero-order valence-electron chi connectivity index (χ0n) is 17.9.